The zero-order chi connectivity index (χ0) is 11.9. The number of nitrogens with one attached hydrogen (secondary N) is 1. The molecule has 0 radical (unpaired) electrons. The lowest BCUT2D eigenvalue weighted by molar-refractivity contribution is 0.363. The zero-order valence-corrected chi connectivity index (χ0v) is 10.9. The molecule has 0 bridgehead atoms. The summed E-state index contributed by atoms with van der Waals surface area (Å²) in [6.45, 7) is 4.59. The molecule has 1 aliphatic carbocycles. The molecule has 0 amide bonds. The van der Waals surface area contributed by atoms with E-state index in [4.69, 9.17) is 0 Å². The van der Waals surface area contributed by atoms with Gasteiger partial charge in [0.25, 0.3) is 0 Å². The molecule has 1 aromatic rings. The smallest absolute Gasteiger partial charge is 0.0406 e. The number of pyridine rings is 1. The SMILES string of the molecule is CCCNCC1CCCC1Cc1ccccn1. The van der Waals surface area contributed by atoms with Gasteiger partial charge >= 0.3 is 0 Å². The van der Waals surface area contributed by atoms with Gasteiger partial charge in [0.2, 0.25) is 0 Å². The molecule has 2 heteroatoms. The van der Waals surface area contributed by atoms with E-state index < -0.39 is 0 Å². The first-order valence-corrected chi connectivity index (χ1v) is 7.00. The highest BCUT2D eigenvalue weighted by atomic mass is 14.9. The molecule has 0 aromatic carbocycles. The Hall–Kier alpha value is -0.890. The maximum Gasteiger partial charge on any atom is 0.0406 e. The molecule has 1 saturated carbocycles. The Morgan fingerprint density at radius 1 is 1.29 bits per heavy atom. The van der Waals surface area contributed by atoms with Crippen molar-refractivity contribution in [2.75, 3.05) is 13.1 Å². The maximum atomic E-state index is 4.45. The van der Waals surface area contributed by atoms with Crippen LogP contribution < -0.4 is 5.32 Å². The lowest BCUT2D eigenvalue weighted by atomic mass is 9.91. The molecule has 0 aliphatic heterocycles. The van der Waals surface area contributed by atoms with Gasteiger partial charge in [-0.1, -0.05) is 19.4 Å². The highest BCUT2D eigenvalue weighted by Gasteiger charge is 2.26. The van der Waals surface area contributed by atoms with E-state index in [1.54, 1.807) is 0 Å². The summed E-state index contributed by atoms with van der Waals surface area (Å²) in [5.74, 6) is 1.71. The second kappa shape index (κ2) is 6.75. The van der Waals surface area contributed by atoms with Gasteiger partial charge in [-0.3, -0.25) is 4.98 Å². The Bertz CT molecular complexity index is 310. The van der Waals surface area contributed by atoms with E-state index in [2.05, 4.69) is 29.4 Å². The highest BCUT2D eigenvalue weighted by Crippen LogP contribution is 2.33. The van der Waals surface area contributed by atoms with Crippen LogP contribution in [0.1, 0.15) is 38.3 Å². The van der Waals surface area contributed by atoms with E-state index in [0.29, 0.717) is 0 Å². The standard InChI is InChI=1S/C15H24N2/c1-2-9-16-12-14-7-5-6-13(14)11-15-8-3-4-10-17-15/h3-4,8,10,13-14,16H,2,5-7,9,11-12H2,1H3. The van der Waals surface area contributed by atoms with Crippen molar-refractivity contribution in [2.45, 2.75) is 39.0 Å². The second-order valence-electron chi connectivity index (χ2n) is 5.18. The third kappa shape index (κ3) is 3.81. The van der Waals surface area contributed by atoms with E-state index in [-0.39, 0.29) is 0 Å². The minimum atomic E-state index is 0.842. The zero-order valence-electron chi connectivity index (χ0n) is 10.9. The van der Waals surface area contributed by atoms with E-state index in [1.165, 1.54) is 44.3 Å². The Morgan fingerprint density at radius 2 is 2.18 bits per heavy atom. The van der Waals surface area contributed by atoms with Crippen molar-refractivity contribution in [1.82, 2.24) is 10.3 Å². The highest BCUT2D eigenvalue weighted by molar-refractivity contribution is 5.05. The van der Waals surface area contributed by atoms with Crippen molar-refractivity contribution in [2.24, 2.45) is 11.8 Å². The number of hydrogen-bond acceptors (Lipinski definition) is 2. The Morgan fingerprint density at radius 3 is 2.94 bits per heavy atom. The molecule has 0 saturated heterocycles. The number of aromatic nitrogens is 1. The predicted molar refractivity (Wildman–Crippen MR) is 71.9 cm³/mol. The van der Waals surface area contributed by atoms with Crippen molar-refractivity contribution < 1.29 is 0 Å². The summed E-state index contributed by atoms with van der Waals surface area (Å²) in [5, 5.41) is 3.57. The van der Waals surface area contributed by atoms with Crippen LogP contribution in [0, 0.1) is 11.8 Å². The van der Waals surface area contributed by atoms with Gasteiger partial charge in [0.15, 0.2) is 0 Å². The van der Waals surface area contributed by atoms with Crippen molar-refractivity contribution >= 4 is 0 Å². The molecule has 1 aromatic heterocycles. The average molecular weight is 232 g/mol. The van der Waals surface area contributed by atoms with Crippen LogP contribution in [0.5, 0.6) is 0 Å². The summed E-state index contributed by atoms with van der Waals surface area (Å²) in [7, 11) is 0. The first-order valence-electron chi connectivity index (χ1n) is 7.00. The molecule has 2 atom stereocenters. The molecular formula is C15H24N2. The van der Waals surface area contributed by atoms with Crippen LogP contribution >= 0.6 is 0 Å². The van der Waals surface area contributed by atoms with E-state index in [0.717, 1.165) is 18.4 Å². The molecule has 17 heavy (non-hydrogen) atoms. The van der Waals surface area contributed by atoms with Gasteiger partial charge in [0.05, 0.1) is 0 Å². The molecule has 1 heterocycles. The van der Waals surface area contributed by atoms with Crippen molar-refractivity contribution in [1.29, 1.82) is 0 Å². The normalized spacial score (nSPS) is 24.1. The summed E-state index contributed by atoms with van der Waals surface area (Å²) in [6.07, 6.45) is 8.49. The summed E-state index contributed by atoms with van der Waals surface area (Å²) in [4.78, 5) is 4.45. The van der Waals surface area contributed by atoms with Gasteiger partial charge in [-0.25, -0.2) is 0 Å². The van der Waals surface area contributed by atoms with Crippen LogP contribution in [-0.4, -0.2) is 18.1 Å². The summed E-state index contributed by atoms with van der Waals surface area (Å²) in [5.41, 5.74) is 1.26. The molecule has 94 valence electrons. The van der Waals surface area contributed by atoms with Gasteiger partial charge in [0.1, 0.15) is 0 Å². The van der Waals surface area contributed by atoms with Crippen LogP contribution in [0.4, 0.5) is 0 Å². The summed E-state index contributed by atoms with van der Waals surface area (Å²) < 4.78 is 0. The van der Waals surface area contributed by atoms with Gasteiger partial charge in [0, 0.05) is 11.9 Å². The minimum absolute atomic E-state index is 0.842. The van der Waals surface area contributed by atoms with Crippen LogP contribution in [0.25, 0.3) is 0 Å². The Balaban J connectivity index is 1.82. The van der Waals surface area contributed by atoms with E-state index in [9.17, 15) is 0 Å². The first-order chi connectivity index (χ1) is 8.40. The number of hydrogen-bond donors (Lipinski definition) is 1. The summed E-state index contributed by atoms with van der Waals surface area (Å²) in [6, 6.07) is 6.26. The maximum absolute atomic E-state index is 4.45. The van der Waals surface area contributed by atoms with E-state index >= 15 is 0 Å². The molecule has 2 unspecified atom stereocenters. The van der Waals surface area contributed by atoms with Crippen LogP contribution in [0.2, 0.25) is 0 Å². The lowest BCUT2D eigenvalue weighted by Gasteiger charge is -2.19. The van der Waals surface area contributed by atoms with Crippen LogP contribution in [0.3, 0.4) is 0 Å². The third-order valence-corrected chi connectivity index (χ3v) is 3.85. The quantitative estimate of drug-likeness (QED) is 0.763. The molecule has 1 aliphatic rings. The van der Waals surface area contributed by atoms with Crippen molar-refractivity contribution in [3.63, 3.8) is 0 Å². The minimum Gasteiger partial charge on any atom is -0.316 e. The van der Waals surface area contributed by atoms with Gasteiger partial charge in [-0.15, -0.1) is 0 Å². The van der Waals surface area contributed by atoms with Gasteiger partial charge in [-0.2, -0.15) is 0 Å². The fraction of sp³-hybridized carbons (Fsp3) is 0.667. The molecule has 2 rings (SSSR count). The Kier molecular flexibility index (Phi) is 4.99. The largest absolute Gasteiger partial charge is 0.316 e. The Labute approximate surface area is 105 Å². The molecule has 1 fully saturated rings. The average Bonchev–Trinajstić information content (AvgIpc) is 2.79. The van der Waals surface area contributed by atoms with Gasteiger partial charge in [-0.05, 0) is 62.7 Å². The summed E-state index contributed by atoms with van der Waals surface area (Å²) >= 11 is 0. The van der Waals surface area contributed by atoms with Crippen molar-refractivity contribution in [3.05, 3.63) is 30.1 Å². The fourth-order valence-electron chi connectivity index (χ4n) is 2.90. The molecule has 2 nitrogen and oxygen atoms in total. The van der Waals surface area contributed by atoms with Crippen molar-refractivity contribution in [3.8, 4) is 0 Å². The van der Waals surface area contributed by atoms with Crippen LogP contribution in [0.15, 0.2) is 24.4 Å². The van der Waals surface area contributed by atoms with Crippen LogP contribution in [-0.2, 0) is 6.42 Å². The van der Waals surface area contributed by atoms with Gasteiger partial charge < -0.3 is 5.32 Å². The number of rotatable bonds is 6. The van der Waals surface area contributed by atoms with E-state index in [1.807, 2.05) is 12.3 Å². The first kappa shape index (κ1) is 12.6. The second-order valence-corrected chi connectivity index (χ2v) is 5.18. The molecular weight excluding hydrogens is 208 g/mol. The molecule has 1 N–H and O–H groups in total. The lowest BCUT2D eigenvalue weighted by Crippen LogP contribution is -2.26. The monoisotopic (exact) mass is 232 g/mol. The molecule has 0 spiro atoms. The topological polar surface area (TPSA) is 24.9 Å². The number of nitrogens with zero attached hydrogens (tertiary/aromatic N) is 1. The fourth-order valence-corrected chi connectivity index (χ4v) is 2.90. The third-order valence-electron chi connectivity index (χ3n) is 3.85. The predicted octanol–water partition coefficient (Wildman–Crippen LogP) is 3.04.